The van der Waals surface area contributed by atoms with Gasteiger partial charge in [-0.25, -0.2) is 9.50 Å². The van der Waals surface area contributed by atoms with Crippen molar-refractivity contribution in [2.45, 2.75) is 58.7 Å². The molecule has 1 saturated heterocycles. The highest BCUT2D eigenvalue weighted by atomic mass is 16.2. The Hall–Kier alpha value is -3.00. The molecule has 32 heavy (non-hydrogen) atoms. The number of aromatic amines is 1. The number of hydrogen-bond acceptors (Lipinski definition) is 5. The number of carbonyl (C=O) groups is 1. The van der Waals surface area contributed by atoms with Crippen LogP contribution in [0, 0.1) is 5.92 Å². The number of H-pyrrole nitrogens is 1. The van der Waals surface area contributed by atoms with Crippen molar-refractivity contribution in [1.29, 1.82) is 0 Å². The van der Waals surface area contributed by atoms with Crippen molar-refractivity contribution in [2.75, 3.05) is 13.1 Å². The maximum absolute atomic E-state index is 13.2. The molecular weight excluding hydrogens is 404 g/mol. The molecule has 0 aliphatic carbocycles. The van der Waals surface area contributed by atoms with Crippen molar-refractivity contribution in [2.24, 2.45) is 5.92 Å². The Morgan fingerprint density at radius 2 is 2.16 bits per heavy atom. The Bertz CT molecular complexity index is 1180. The van der Waals surface area contributed by atoms with Crippen LogP contribution < -0.4 is 5.56 Å². The first-order chi connectivity index (χ1) is 15.5. The number of rotatable bonds is 4. The van der Waals surface area contributed by atoms with E-state index in [1.54, 1.807) is 10.7 Å². The Morgan fingerprint density at radius 1 is 1.28 bits per heavy atom. The minimum Gasteiger partial charge on any atom is -0.336 e. The maximum atomic E-state index is 13.2. The van der Waals surface area contributed by atoms with E-state index in [-0.39, 0.29) is 23.4 Å². The third kappa shape index (κ3) is 3.83. The van der Waals surface area contributed by atoms with Crippen molar-refractivity contribution in [3.63, 3.8) is 0 Å². The van der Waals surface area contributed by atoms with Gasteiger partial charge in [0.25, 0.3) is 5.56 Å². The fraction of sp³-hybridized carbons (Fsp3) is 0.500. The van der Waals surface area contributed by atoms with Gasteiger partial charge in [0.05, 0.1) is 24.0 Å². The first-order valence-electron chi connectivity index (χ1n) is 11.6. The summed E-state index contributed by atoms with van der Waals surface area (Å²) >= 11 is 0. The average molecular weight is 435 g/mol. The number of pyridine rings is 1. The predicted octanol–water partition coefficient (Wildman–Crippen LogP) is 2.69. The highest BCUT2D eigenvalue weighted by Crippen LogP contribution is 2.32. The molecule has 1 fully saturated rings. The fourth-order valence-corrected chi connectivity index (χ4v) is 4.99. The molecule has 1 N–H and O–H groups in total. The average Bonchev–Trinajstić information content (AvgIpc) is 3.23. The molecule has 0 aromatic carbocycles. The summed E-state index contributed by atoms with van der Waals surface area (Å²) in [6.45, 7) is 6.64. The normalized spacial score (nSPS) is 19.5. The fourth-order valence-electron chi connectivity index (χ4n) is 4.99. The molecule has 3 aromatic heterocycles. The van der Waals surface area contributed by atoms with E-state index in [0.717, 1.165) is 42.9 Å². The summed E-state index contributed by atoms with van der Waals surface area (Å²) in [5, 5.41) is 3.36. The van der Waals surface area contributed by atoms with Crippen LogP contribution in [0.1, 0.15) is 61.7 Å². The van der Waals surface area contributed by atoms with Gasteiger partial charge in [0.1, 0.15) is 0 Å². The highest BCUT2D eigenvalue weighted by Gasteiger charge is 2.29. The lowest BCUT2D eigenvalue weighted by atomic mass is 9.99. The maximum Gasteiger partial charge on any atom is 0.276 e. The van der Waals surface area contributed by atoms with E-state index in [2.05, 4.69) is 21.0 Å². The molecule has 1 amide bonds. The molecule has 168 valence electrons. The number of nitrogens with one attached hydrogen (secondary N) is 1. The topological polar surface area (TPSA) is 86.6 Å². The first kappa shape index (κ1) is 20.9. The largest absolute Gasteiger partial charge is 0.336 e. The number of hydrogen-bond donors (Lipinski definition) is 1. The van der Waals surface area contributed by atoms with E-state index in [0.29, 0.717) is 25.2 Å². The van der Waals surface area contributed by atoms with Gasteiger partial charge < -0.3 is 4.90 Å². The summed E-state index contributed by atoms with van der Waals surface area (Å²) in [6.07, 6.45) is 7.63. The lowest BCUT2D eigenvalue weighted by molar-refractivity contribution is -0.135. The number of fused-ring (bicyclic) bond motifs is 2. The number of carbonyl (C=O) groups excluding carboxylic acids is 1. The van der Waals surface area contributed by atoms with Gasteiger partial charge in [-0.1, -0.05) is 26.3 Å². The van der Waals surface area contributed by atoms with E-state index in [9.17, 15) is 9.59 Å². The Kier molecular flexibility index (Phi) is 5.55. The molecule has 5 rings (SSSR count). The van der Waals surface area contributed by atoms with Crippen molar-refractivity contribution in [3.05, 3.63) is 63.5 Å². The summed E-state index contributed by atoms with van der Waals surface area (Å²) in [7, 11) is 0. The molecule has 3 aromatic rings. The molecule has 1 atom stereocenters. The summed E-state index contributed by atoms with van der Waals surface area (Å²) in [4.78, 5) is 39.0. The summed E-state index contributed by atoms with van der Waals surface area (Å²) in [5.74, 6) is 0.0537. The highest BCUT2D eigenvalue weighted by molar-refractivity contribution is 5.78. The number of piperidine rings is 1. The van der Waals surface area contributed by atoms with Crippen LogP contribution in [-0.4, -0.2) is 48.4 Å². The molecular formula is C24H30N6O2. The van der Waals surface area contributed by atoms with Crippen LogP contribution in [0.4, 0.5) is 0 Å². The molecule has 0 radical (unpaired) electrons. The Balaban J connectivity index is 1.46. The lowest BCUT2D eigenvalue weighted by Gasteiger charge is -2.35. The first-order valence-corrected chi connectivity index (χ1v) is 11.6. The van der Waals surface area contributed by atoms with Gasteiger partial charge in [-0.15, -0.1) is 0 Å². The molecule has 2 aliphatic rings. The minimum atomic E-state index is -0.0580. The summed E-state index contributed by atoms with van der Waals surface area (Å²) in [5.41, 5.74) is 4.26. The molecule has 0 saturated carbocycles. The van der Waals surface area contributed by atoms with Gasteiger partial charge >= 0.3 is 0 Å². The summed E-state index contributed by atoms with van der Waals surface area (Å²) in [6, 6.07) is 6.30. The van der Waals surface area contributed by atoms with Gasteiger partial charge in [-0.05, 0) is 37.4 Å². The smallest absolute Gasteiger partial charge is 0.276 e. The van der Waals surface area contributed by atoms with Crippen LogP contribution in [-0.2, 0) is 24.3 Å². The number of amides is 1. The van der Waals surface area contributed by atoms with Crippen LogP contribution in [0.3, 0.4) is 0 Å². The molecule has 0 bridgehead atoms. The van der Waals surface area contributed by atoms with Gasteiger partial charge in [-0.3, -0.25) is 24.6 Å². The molecule has 0 spiro atoms. The SMILES string of the molecule is CC(C)C(=O)N1CCc2c(nc3cc([C@H]4CCCCN4Cc4cccnc4)[nH]n3c2=O)C1. The third-order valence-corrected chi connectivity index (χ3v) is 6.67. The second kappa shape index (κ2) is 8.50. The minimum absolute atomic E-state index is 0.0393. The zero-order valence-electron chi connectivity index (χ0n) is 18.8. The van der Waals surface area contributed by atoms with E-state index in [1.807, 2.05) is 37.1 Å². The quantitative estimate of drug-likeness (QED) is 0.682. The number of aromatic nitrogens is 4. The zero-order valence-corrected chi connectivity index (χ0v) is 18.8. The third-order valence-electron chi connectivity index (χ3n) is 6.67. The summed E-state index contributed by atoms with van der Waals surface area (Å²) < 4.78 is 1.59. The van der Waals surface area contributed by atoms with Gasteiger partial charge in [-0.2, -0.15) is 0 Å². The second-order valence-electron chi connectivity index (χ2n) is 9.26. The van der Waals surface area contributed by atoms with Crippen molar-refractivity contribution in [1.82, 2.24) is 29.4 Å². The van der Waals surface area contributed by atoms with Crippen LogP contribution in [0.25, 0.3) is 5.65 Å². The number of nitrogens with zero attached hydrogens (tertiary/aromatic N) is 5. The molecule has 8 heteroatoms. The lowest BCUT2D eigenvalue weighted by Crippen LogP contribution is -2.41. The van der Waals surface area contributed by atoms with Crippen LogP contribution in [0.15, 0.2) is 35.4 Å². The molecule has 8 nitrogen and oxygen atoms in total. The van der Waals surface area contributed by atoms with E-state index in [1.165, 1.54) is 12.0 Å². The van der Waals surface area contributed by atoms with Crippen LogP contribution in [0.5, 0.6) is 0 Å². The molecule has 0 unspecified atom stereocenters. The second-order valence-corrected chi connectivity index (χ2v) is 9.26. The Labute approximate surface area is 187 Å². The zero-order chi connectivity index (χ0) is 22.2. The van der Waals surface area contributed by atoms with E-state index in [4.69, 9.17) is 4.98 Å². The van der Waals surface area contributed by atoms with Crippen molar-refractivity contribution in [3.8, 4) is 0 Å². The van der Waals surface area contributed by atoms with Crippen LogP contribution in [0.2, 0.25) is 0 Å². The monoisotopic (exact) mass is 434 g/mol. The van der Waals surface area contributed by atoms with Gasteiger partial charge in [0.15, 0.2) is 5.65 Å². The predicted molar refractivity (Wildman–Crippen MR) is 121 cm³/mol. The van der Waals surface area contributed by atoms with Gasteiger partial charge in [0.2, 0.25) is 5.91 Å². The molecule has 2 aliphatic heterocycles. The van der Waals surface area contributed by atoms with Gasteiger partial charge in [0, 0.05) is 43.0 Å². The van der Waals surface area contributed by atoms with Crippen molar-refractivity contribution < 1.29 is 4.79 Å². The number of likely N-dealkylation sites (tertiary alicyclic amines) is 1. The van der Waals surface area contributed by atoms with E-state index < -0.39 is 0 Å². The van der Waals surface area contributed by atoms with Crippen LogP contribution >= 0.6 is 0 Å². The Morgan fingerprint density at radius 3 is 2.94 bits per heavy atom. The van der Waals surface area contributed by atoms with E-state index >= 15 is 0 Å². The van der Waals surface area contributed by atoms with Crippen molar-refractivity contribution >= 4 is 11.6 Å². The molecule has 5 heterocycles. The standard InChI is InChI=1S/C24H30N6O2/c1-16(2)23(31)29-11-8-18-20(15-29)26-22-12-19(27-30(22)24(18)32)21-7-3-4-10-28(21)14-17-6-5-9-25-13-17/h5-6,9,12-13,16,21,27H,3-4,7-8,10-11,14-15H2,1-2H3/t21-/m1/s1.